The van der Waals surface area contributed by atoms with Crippen molar-refractivity contribution in [1.82, 2.24) is 4.90 Å². The highest BCUT2D eigenvalue weighted by molar-refractivity contribution is 6.34. The minimum Gasteiger partial charge on any atom is -0.313 e. The maximum atomic E-state index is 12.2. The molecule has 1 saturated heterocycles. The van der Waals surface area contributed by atoms with E-state index in [-0.39, 0.29) is 5.91 Å². The molecule has 0 unspecified atom stereocenters. The SMILES string of the molecule is Cc1cccc(Cl)c1N(C)C(=O)CN1CCCC1. The summed E-state index contributed by atoms with van der Waals surface area (Å²) < 4.78 is 0. The third-order valence-corrected chi connectivity index (χ3v) is 3.76. The van der Waals surface area contributed by atoms with E-state index >= 15 is 0 Å². The Labute approximate surface area is 113 Å². The average Bonchev–Trinajstić information content (AvgIpc) is 2.81. The van der Waals surface area contributed by atoms with E-state index in [0.717, 1.165) is 24.3 Å². The molecule has 0 aliphatic carbocycles. The Hall–Kier alpha value is -1.06. The Bertz CT molecular complexity index is 421. The molecule has 0 saturated carbocycles. The molecule has 1 aromatic carbocycles. The number of halogens is 1. The highest BCUT2D eigenvalue weighted by Gasteiger charge is 2.20. The van der Waals surface area contributed by atoms with Gasteiger partial charge in [0.15, 0.2) is 0 Å². The highest BCUT2D eigenvalue weighted by atomic mass is 35.5. The van der Waals surface area contributed by atoms with Crippen LogP contribution in [0.2, 0.25) is 5.02 Å². The van der Waals surface area contributed by atoms with Gasteiger partial charge in [0.2, 0.25) is 5.91 Å². The minimum atomic E-state index is 0.105. The van der Waals surface area contributed by atoms with Crippen LogP contribution in [0.3, 0.4) is 0 Å². The van der Waals surface area contributed by atoms with Gasteiger partial charge in [-0.2, -0.15) is 0 Å². The molecule has 0 spiro atoms. The van der Waals surface area contributed by atoms with E-state index < -0.39 is 0 Å². The highest BCUT2D eigenvalue weighted by Crippen LogP contribution is 2.28. The van der Waals surface area contributed by atoms with Gasteiger partial charge >= 0.3 is 0 Å². The summed E-state index contributed by atoms with van der Waals surface area (Å²) >= 11 is 6.18. The number of rotatable bonds is 3. The molecule has 98 valence electrons. The zero-order valence-corrected chi connectivity index (χ0v) is 11.7. The normalized spacial score (nSPS) is 15.9. The summed E-state index contributed by atoms with van der Waals surface area (Å²) in [5, 5.41) is 0.632. The number of likely N-dealkylation sites (tertiary alicyclic amines) is 1. The Morgan fingerprint density at radius 1 is 1.39 bits per heavy atom. The van der Waals surface area contributed by atoms with E-state index in [1.54, 1.807) is 11.9 Å². The number of carbonyl (C=O) groups excluding carboxylic acids is 1. The Morgan fingerprint density at radius 3 is 2.67 bits per heavy atom. The second-order valence-electron chi connectivity index (χ2n) is 4.84. The summed E-state index contributed by atoms with van der Waals surface area (Å²) in [4.78, 5) is 16.1. The lowest BCUT2D eigenvalue weighted by Crippen LogP contribution is -2.37. The van der Waals surface area contributed by atoms with Gasteiger partial charge in [-0.1, -0.05) is 23.7 Å². The third-order valence-electron chi connectivity index (χ3n) is 3.46. The second kappa shape index (κ2) is 5.72. The van der Waals surface area contributed by atoms with Crippen LogP contribution in [0.4, 0.5) is 5.69 Å². The first kappa shape index (κ1) is 13.4. The standard InChI is InChI=1S/C14H19ClN2O/c1-11-6-5-7-12(15)14(11)16(2)13(18)10-17-8-3-4-9-17/h5-7H,3-4,8-10H2,1-2H3. The Balaban J connectivity index is 2.10. The summed E-state index contributed by atoms with van der Waals surface area (Å²) in [7, 11) is 1.80. The molecule has 1 aliphatic rings. The van der Waals surface area contributed by atoms with Crippen LogP contribution < -0.4 is 4.90 Å². The first-order valence-corrected chi connectivity index (χ1v) is 6.71. The number of aryl methyl sites for hydroxylation is 1. The van der Waals surface area contributed by atoms with Gasteiger partial charge in [-0.15, -0.1) is 0 Å². The summed E-state index contributed by atoms with van der Waals surface area (Å²) in [5.41, 5.74) is 1.85. The molecule has 0 radical (unpaired) electrons. The van der Waals surface area contributed by atoms with Gasteiger partial charge in [0.05, 0.1) is 17.3 Å². The van der Waals surface area contributed by atoms with Crippen LogP contribution in [-0.2, 0) is 4.79 Å². The van der Waals surface area contributed by atoms with Crippen LogP contribution in [0, 0.1) is 6.92 Å². The van der Waals surface area contributed by atoms with Gasteiger partial charge in [0, 0.05) is 7.05 Å². The monoisotopic (exact) mass is 266 g/mol. The molecule has 1 aromatic rings. The maximum Gasteiger partial charge on any atom is 0.240 e. The molecule has 1 fully saturated rings. The molecule has 1 amide bonds. The van der Waals surface area contributed by atoms with Gasteiger partial charge in [0.1, 0.15) is 0 Å². The fraction of sp³-hybridized carbons (Fsp3) is 0.500. The molecule has 2 rings (SSSR count). The fourth-order valence-corrected chi connectivity index (χ4v) is 2.76. The lowest BCUT2D eigenvalue weighted by molar-refractivity contribution is -0.119. The van der Waals surface area contributed by atoms with Gasteiger partial charge in [-0.3, -0.25) is 9.69 Å². The first-order chi connectivity index (χ1) is 8.59. The predicted octanol–water partition coefficient (Wildman–Crippen LogP) is 2.71. The Kier molecular flexibility index (Phi) is 4.25. The predicted molar refractivity (Wildman–Crippen MR) is 75.3 cm³/mol. The van der Waals surface area contributed by atoms with E-state index in [2.05, 4.69) is 4.90 Å². The molecule has 0 atom stereocenters. The van der Waals surface area contributed by atoms with Crippen molar-refractivity contribution in [2.75, 3.05) is 31.6 Å². The zero-order chi connectivity index (χ0) is 13.1. The molecule has 18 heavy (non-hydrogen) atoms. The van der Waals surface area contributed by atoms with Crippen LogP contribution >= 0.6 is 11.6 Å². The number of anilines is 1. The molecular weight excluding hydrogens is 248 g/mol. The minimum absolute atomic E-state index is 0.105. The summed E-state index contributed by atoms with van der Waals surface area (Å²) in [5.74, 6) is 0.105. The van der Waals surface area contributed by atoms with Crippen LogP contribution in [0.1, 0.15) is 18.4 Å². The van der Waals surface area contributed by atoms with Crippen molar-refractivity contribution >= 4 is 23.2 Å². The zero-order valence-electron chi connectivity index (χ0n) is 10.9. The van der Waals surface area contributed by atoms with E-state index in [9.17, 15) is 4.79 Å². The van der Waals surface area contributed by atoms with Crippen molar-refractivity contribution in [2.45, 2.75) is 19.8 Å². The Morgan fingerprint density at radius 2 is 2.06 bits per heavy atom. The smallest absolute Gasteiger partial charge is 0.240 e. The van der Waals surface area contributed by atoms with E-state index in [1.807, 2.05) is 25.1 Å². The fourth-order valence-electron chi connectivity index (χ4n) is 2.41. The number of nitrogens with zero attached hydrogens (tertiary/aromatic N) is 2. The lowest BCUT2D eigenvalue weighted by Gasteiger charge is -2.23. The third kappa shape index (κ3) is 2.85. The van der Waals surface area contributed by atoms with Crippen LogP contribution in [0.25, 0.3) is 0 Å². The topological polar surface area (TPSA) is 23.6 Å². The van der Waals surface area contributed by atoms with Crippen molar-refractivity contribution in [3.05, 3.63) is 28.8 Å². The van der Waals surface area contributed by atoms with Gasteiger partial charge < -0.3 is 4.90 Å². The largest absolute Gasteiger partial charge is 0.313 e. The summed E-state index contributed by atoms with van der Waals surface area (Å²) in [6.07, 6.45) is 2.39. The van der Waals surface area contributed by atoms with Crippen LogP contribution in [0.15, 0.2) is 18.2 Å². The molecule has 1 heterocycles. The summed E-state index contributed by atoms with van der Waals surface area (Å²) in [6, 6.07) is 5.70. The molecular formula is C14H19ClN2O. The van der Waals surface area contributed by atoms with Crippen LogP contribution in [0.5, 0.6) is 0 Å². The molecule has 4 heteroatoms. The number of hydrogen-bond donors (Lipinski definition) is 0. The number of benzene rings is 1. The summed E-state index contributed by atoms with van der Waals surface area (Å²) in [6.45, 7) is 4.52. The number of para-hydroxylation sites is 1. The maximum absolute atomic E-state index is 12.2. The van der Waals surface area contributed by atoms with E-state index in [4.69, 9.17) is 11.6 Å². The quantitative estimate of drug-likeness (QED) is 0.840. The number of amides is 1. The first-order valence-electron chi connectivity index (χ1n) is 6.33. The van der Waals surface area contributed by atoms with E-state index in [1.165, 1.54) is 12.8 Å². The lowest BCUT2D eigenvalue weighted by atomic mass is 10.2. The van der Waals surface area contributed by atoms with Crippen molar-refractivity contribution in [1.29, 1.82) is 0 Å². The van der Waals surface area contributed by atoms with Crippen molar-refractivity contribution < 1.29 is 4.79 Å². The molecule has 0 aromatic heterocycles. The molecule has 0 bridgehead atoms. The molecule has 0 N–H and O–H groups in total. The average molecular weight is 267 g/mol. The molecule has 3 nitrogen and oxygen atoms in total. The van der Waals surface area contributed by atoms with Gasteiger partial charge in [0.25, 0.3) is 0 Å². The van der Waals surface area contributed by atoms with Crippen molar-refractivity contribution in [3.63, 3.8) is 0 Å². The van der Waals surface area contributed by atoms with Crippen molar-refractivity contribution in [3.8, 4) is 0 Å². The number of carbonyl (C=O) groups is 1. The number of likely N-dealkylation sites (N-methyl/N-ethyl adjacent to an activating group) is 1. The molecule has 1 aliphatic heterocycles. The van der Waals surface area contributed by atoms with Crippen molar-refractivity contribution in [2.24, 2.45) is 0 Å². The number of hydrogen-bond acceptors (Lipinski definition) is 2. The van der Waals surface area contributed by atoms with Crippen LogP contribution in [-0.4, -0.2) is 37.5 Å². The van der Waals surface area contributed by atoms with Gasteiger partial charge in [-0.25, -0.2) is 0 Å². The van der Waals surface area contributed by atoms with E-state index in [0.29, 0.717) is 11.6 Å². The van der Waals surface area contributed by atoms with Gasteiger partial charge in [-0.05, 0) is 44.5 Å². The second-order valence-corrected chi connectivity index (χ2v) is 5.25.